The average Bonchev–Trinajstić information content (AvgIpc) is 2.79. The molecule has 2 aromatic carbocycles. The molecule has 0 amide bonds. The van der Waals surface area contributed by atoms with Crippen LogP contribution in [0.5, 0.6) is 0 Å². The lowest BCUT2D eigenvalue weighted by Crippen LogP contribution is -2.39. The number of aryl methyl sites for hydroxylation is 1. The second-order valence-corrected chi connectivity index (χ2v) is 8.73. The van der Waals surface area contributed by atoms with Gasteiger partial charge < -0.3 is 4.90 Å². The van der Waals surface area contributed by atoms with Gasteiger partial charge >= 0.3 is 0 Å². The topological polar surface area (TPSA) is 80.5 Å². The largest absolute Gasteiger partial charge is 0.317 e. The number of nitro benzene ring substituents is 1. The maximum atomic E-state index is 13.3. The fraction of sp³-hybridized carbons (Fsp3) is 0.308. The Kier molecular flexibility index (Phi) is 5.00. The van der Waals surface area contributed by atoms with Crippen molar-refractivity contribution in [1.29, 1.82) is 0 Å². The molecule has 0 atom stereocenters. The van der Waals surface area contributed by atoms with E-state index in [9.17, 15) is 19.7 Å². The molecule has 0 unspecified atom stereocenters. The van der Waals surface area contributed by atoms with Crippen molar-refractivity contribution in [2.75, 3.05) is 4.90 Å². The molecule has 0 N–H and O–H groups in total. The van der Waals surface area contributed by atoms with Crippen LogP contribution >= 0.6 is 0 Å². The Morgan fingerprint density at radius 1 is 0.875 bits per heavy atom. The molecule has 0 fully saturated rings. The quantitative estimate of drug-likeness (QED) is 0.475. The monoisotopic (exact) mass is 428 g/mol. The fourth-order valence-corrected chi connectivity index (χ4v) is 5.28. The molecule has 2 aliphatic carbocycles. The molecule has 0 saturated carbocycles. The van der Waals surface area contributed by atoms with Gasteiger partial charge in [-0.05, 0) is 50.3 Å². The Balaban J connectivity index is 1.78. The number of nitrogens with zero attached hydrogens (tertiary/aromatic N) is 2. The summed E-state index contributed by atoms with van der Waals surface area (Å²) in [6.07, 6.45) is 3.87. The first-order chi connectivity index (χ1) is 15.5. The standard InChI is InChI=1S/C26H24N2O4/c1-16-11-13-18(14-12-16)27-20-7-3-9-22(29)25(20)24(26-21(27)8-4-10-23(26)30)17-5-2-6-19(15-17)28(31)32/h2,5-6,11-15,24H,3-4,7-10H2,1H3. The number of anilines is 1. The number of carbonyl (C=O) groups is 2. The van der Waals surface area contributed by atoms with Gasteiger partial charge in [-0.15, -0.1) is 0 Å². The van der Waals surface area contributed by atoms with Crippen LogP contribution in [0, 0.1) is 17.0 Å². The molecule has 5 rings (SSSR count). The van der Waals surface area contributed by atoms with Gasteiger partial charge in [-0.1, -0.05) is 29.8 Å². The average molecular weight is 428 g/mol. The zero-order chi connectivity index (χ0) is 22.4. The second-order valence-electron chi connectivity index (χ2n) is 8.73. The third-order valence-corrected chi connectivity index (χ3v) is 6.68. The van der Waals surface area contributed by atoms with E-state index in [2.05, 4.69) is 4.90 Å². The van der Waals surface area contributed by atoms with Gasteiger partial charge in [0.25, 0.3) is 5.69 Å². The number of nitro groups is 1. The Bertz CT molecular complexity index is 1160. The minimum Gasteiger partial charge on any atom is -0.317 e. The predicted molar refractivity (Wildman–Crippen MR) is 121 cm³/mol. The maximum absolute atomic E-state index is 13.3. The summed E-state index contributed by atoms with van der Waals surface area (Å²) in [6.45, 7) is 2.03. The summed E-state index contributed by atoms with van der Waals surface area (Å²) in [5.74, 6) is -0.475. The van der Waals surface area contributed by atoms with Crippen molar-refractivity contribution in [1.82, 2.24) is 0 Å². The van der Waals surface area contributed by atoms with E-state index in [-0.39, 0.29) is 17.3 Å². The maximum Gasteiger partial charge on any atom is 0.269 e. The SMILES string of the molecule is Cc1ccc(N2C3=C(C(=O)CCC3)C(c3cccc([N+](=O)[O-])c3)C3=C2CCCC3=O)cc1. The molecule has 32 heavy (non-hydrogen) atoms. The lowest BCUT2D eigenvalue weighted by molar-refractivity contribution is -0.384. The van der Waals surface area contributed by atoms with Crippen molar-refractivity contribution >= 4 is 22.9 Å². The first kappa shape index (κ1) is 20.4. The van der Waals surface area contributed by atoms with Gasteiger partial charge in [0, 0.05) is 59.1 Å². The van der Waals surface area contributed by atoms with Crippen LogP contribution in [0.3, 0.4) is 0 Å². The van der Waals surface area contributed by atoms with Crippen molar-refractivity contribution in [3.05, 3.63) is 92.3 Å². The molecule has 1 heterocycles. The molecule has 1 aliphatic heterocycles. The summed E-state index contributed by atoms with van der Waals surface area (Å²) in [5.41, 5.74) is 5.86. The Morgan fingerprint density at radius 3 is 2.03 bits per heavy atom. The number of carbonyl (C=O) groups excluding carboxylic acids is 2. The van der Waals surface area contributed by atoms with Crippen molar-refractivity contribution in [3.8, 4) is 0 Å². The fourth-order valence-electron chi connectivity index (χ4n) is 5.28. The highest BCUT2D eigenvalue weighted by atomic mass is 16.6. The number of rotatable bonds is 3. The van der Waals surface area contributed by atoms with Gasteiger partial charge in [0.2, 0.25) is 0 Å². The number of ketones is 2. The number of allylic oxidation sites excluding steroid dienone is 4. The van der Waals surface area contributed by atoms with E-state index in [4.69, 9.17) is 0 Å². The van der Waals surface area contributed by atoms with Crippen LogP contribution in [0.4, 0.5) is 11.4 Å². The van der Waals surface area contributed by atoms with Crippen molar-refractivity contribution < 1.29 is 14.5 Å². The third kappa shape index (κ3) is 3.27. The van der Waals surface area contributed by atoms with Crippen LogP contribution < -0.4 is 4.90 Å². The Hall–Kier alpha value is -3.54. The molecular weight excluding hydrogens is 404 g/mol. The summed E-state index contributed by atoms with van der Waals surface area (Å²) in [6, 6.07) is 14.6. The molecule has 6 nitrogen and oxygen atoms in total. The van der Waals surface area contributed by atoms with Crippen LogP contribution in [-0.2, 0) is 9.59 Å². The van der Waals surface area contributed by atoms with Crippen LogP contribution in [0.25, 0.3) is 0 Å². The number of hydrogen-bond acceptors (Lipinski definition) is 5. The molecule has 0 saturated heterocycles. The van der Waals surface area contributed by atoms with Crippen molar-refractivity contribution in [2.24, 2.45) is 0 Å². The normalized spacial score (nSPS) is 19.2. The first-order valence-electron chi connectivity index (χ1n) is 11.1. The van der Waals surface area contributed by atoms with Gasteiger partial charge in [0.15, 0.2) is 11.6 Å². The molecule has 3 aliphatic rings. The zero-order valence-corrected chi connectivity index (χ0v) is 18.0. The van der Waals surface area contributed by atoms with Gasteiger partial charge in [-0.2, -0.15) is 0 Å². The van der Waals surface area contributed by atoms with E-state index in [1.165, 1.54) is 12.1 Å². The molecule has 0 radical (unpaired) electrons. The van der Waals surface area contributed by atoms with Crippen LogP contribution in [0.1, 0.15) is 55.6 Å². The lowest BCUT2D eigenvalue weighted by Gasteiger charge is -2.44. The highest BCUT2D eigenvalue weighted by molar-refractivity contribution is 6.07. The van der Waals surface area contributed by atoms with E-state index in [1.54, 1.807) is 12.1 Å². The molecule has 162 valence electrons. The summed E-state index contributed by atoms with van der Waals surface area (Å²) >= 11 is 0. The van der Waals surface area contributed by atoms with E-state index >= 15 is 0 Å². The van der Waals surface area contributed by atoms with E-state index in [1.807, 2.05) is 31.2 Å². The number of non-ortho nitro benzene ring substituents is 1. The molecule has 0 spiro atoms. The summed E-state index contributed by atoms with van der Waals surface area (Å²) in [5, 5.41) is 11.4. The molecule has 2 aromatic rings. The van der Waals surface area contributed by atoms with Crippen LogP contribution in [0.15, 0.2) is 71.1 Å². The molecule has 6 heteroatoms. The van der Waals surface area contributed by atoms with Crippen LogP contribution in [-0.4, -0.2) is 16.5 Å². The predicted octanol–water partition coefficient (Wildman–Crippen LogP) is 5.52. The number of Topliss-reactive ketones (excluding diaryl/α,β-unsaturated/α-hetero) is 2. The Labute approximate surface area is 186 Å². The first-order valence-corrected chi connectivity index (χ1v) is 11.1. The third-order valence-electron chi connectivity index (χ3n) is 6.68. The van der Waals surface area contributed by atoms with E-state index in [0.717, 1.165) is 48.3 Å². The highest BCUT2D eigenvalue weighted by Crippen LogP contribution is 2.50. The number of hydrogen-bond donors (Lipinski definition) is 0. The zero-order valence-electron chi connectivity index (χ0n) is 18.0. The van der Waals surface area contributed by atoms with E-state index < -0.39 is 10.8 Å². The van der Waals surface area contributed by atoms with Gasteiger partial charge in [-0.25, -0.2) is 0 Å². The molecular formula is C26H24N2O4. The highest BCUT2D eigenvalue weighted by Gasteiger charge is 2.43. The Morgan fingerprint density at radius 2 is 1.47 bits per heavy atom. The van der Waals surface area contributed by atoms with Crippen molar-refractivity contribution in [3.63, 3.8) is 0 Å². The molecule has 0 bridgehead atoms. The smallest absolute Gasteiger partial charge is 0.269 e. The number of benzene rings is 2. The van der Waals surface area contributed by atoms with Crippen LogP contribution in [0.2, 0.25) is 0 Å². The minimum absolute atomic E-state index is 0.0284. The van der Waals surface area contributed by atoms with Crippen molar-refractivity contribution in [2.45, 2.75) is 51.4 Å². The summed E-state index contributed by atoms with van der Waals surface area (Å²) in [4.78, 5) is 39.7. The second kappa shape index (κ2) is 7.86. The lowest BCUT2D eigenvalue weighted by atomic mass is 9.71. The molecule has 0 aromatic heterocycles. The van der Waals surface area contributed by atoms with Gasteiger partial charge in [0.1, 0.15) is 0 Å². The van der Waals surface area contributed by atoms with E-state index in [0.29, 0.717) is 29.6 Å². The summed E-state index contributed by atoms with van der Waals surface area (Å²) in [7, 11) is 0. The van der Waals surface area contributed by atoms with Gasteiger partial charge in [-0.3, -0.25) is 19.7 Å². The summed E-state index contributed by atoms with van der Waals surface area (Å²) < 4.78 is 0. The van der Waals surface area contributed by atoms with Gasteiger partial charge in [0.05, 0.1) is 4.92 Å². The minimum atomic E-state index is -0.540.